The van der Waals surface area contributed by atoms with Gasteiger partial charge in [-0.15, -0.1) is 24.0 Å². The van der Waals surface area contributed by atoms with Gasteiger partial charge >= 0.3 is 0 Å². The first kappa shape index (κ1) is 21.4. The zero-order chi connectivity index (χ0) is 15.7. The van der Waals surface area contributed by atoms with Gasteiger partial charge in [-0.2, -0.15) is 0 Å². The van der Waals surface area contributed by atoms with Crippen molar-refractivity contribution in [3.05, 3.63) is 29.3 Å². The van der Waals surface area contributed by atoms with Crippen molar-refractivity contribution in [1.82, 2.24) is 15.4 Å². The van der Waals surface area contributed by atoms with Crippen molar-refractivity contribution in [2.45, 2.75) is 18.7 Å². The quantitative estimate of drug-likeness (QED) is 0.251. The summed E-state index contributed by atoms with van der Waals surface area (Å²) >= 11 is 5.79. The van der Waals surface area contributed by atoms with Crippen molar-refractivity contribution in [1.29, 1.82) is 0 Å². The first-order valence-electron chi connectivity index (χ1n) is 6.77. The summed E-state index contributed by atoms with van der Waals surface area (Å²) in [4.78, 5) is 4.41. The molecule has 0 radical (unpaired) electrons. The van der Waals surface area contributed by atoms with Crippen LogP contribution in [0.15, 0.2) is 34.2 Å². The van der Waals surface area contributed by atoms with Gasteiger partial charge in [0, 0.05) is 24.7 Å². The van der Waals surface area contributed by atoms with Crippen molar-refractivity contribution in [3.63, 3.8) is 0 Å². The van der Waals surface area contributed by atoms with E-state index in [1.807, 2.05) is 13.8 Å². The lowest BCUT2D eigenvalue weighted by Crippen LogP contribution is -2.37. The molecule has 6 nitrogen and oxygen atoms in total. The maximum atomic E-state index is 12.0. The Morgan fingerprint density at radius 3 is 2.41 bits per heavy atom. The molecule has 22 heavy (non-hydrogen) atoms. The van der Waals surface area contributed by atoms with Crippen molar-refractivity contribution in [3.8, 4) is 0 Å². The van der Waals surface area contributed by atoms with Gasteiger partial charge in [0.25, 0.3) is 0 Å². The lowest BCUT2D eigenvalue weighted by atomic mass is 10.4. The summed E-state index contributed by atoms with van der Waals surface area (Å²) < 4.78 is 26.6. The summed E-state index contributed by atoms with van der Waals surface area (Å²) in [6.07, 6.45) is 0. The molecule has 0 aliphatic heterocycles. The highest BCUT2D eigenvalue weighted by Gasteiger charge is 2.13. The Kier molecular flexibility index (Phi) is 10.7. The number of nitrogens with zero attached hydrogens (tertiary/aromatic N) is 1. The second-order valence-electron chi connectivity index (χ2n) is 4.15. The van der Waals surface area contributed by atoms with Crippen LogP contribution in [0.2, 0.25) is 5.02 Å². The molecule has 0 bridgehead atoms. The average molecular weight is 461 g/mol. The number of hydrogen-bond donors (Lipinski definition) is 3. The minimum Gasteiger partial charge on any atom is -0.357 e. The van der Waals surface area contributed by atoms with Crippen LogP contribution in [0.1, 0.15) is 13.8 Å². The molecule has 0 aromatic heterocycles. The number of sulfonamides is 1. The molecule has 3 N–H and O–H groups in total. The van der Waals surface area contributed by atoms with Crippen LogP contribution in [0.3, 0.4) is 0 Å². The maximum Gasteiger partial charge on any atom is 0.240 e. The molecule has 0 saturated carbocycles. The van der Waals surface area contributed by atoms with Gasteiger partial charge in [-0.3, -0.25) is 4.99 Å². The highest BCUT2D eigenvalue weighted by Crippen LogP contribution is 2.14. The van der Waals surface area contributed by atoms with Crippen molar-refractivity contribution < 1.29 is 8.42 Å². The van der Waals surface area contributed by atoms with Crippen LogP contribution in [-0.4, -0.2) is 40.6 Å². The monoisotopic (exact) mass is 460 g/mol. The third-order valence-electron chi connectivity index (χ3n) is 2.47. The third kappa shape index (κ3) is 7.61. The number of benzene rings is 1. The summed E-state index contributed by atoms with van der Waals surface area (Å²) in [5.74, 6) is 0.668. The van der Waals surface area contributed by atoms with Gasteiger partial charge in [0.1, 0.15) is 0 Å². The van der Waals surface area contributed by atoms with Gasteiger partial charge < -0.3 is 10.6 Å². The first-order valence-corrected chi connectivity index (χ1v) is 8.63. The van der Waals surface area contributed by atoms with E-state index < -0.39 is 10.0 Å². The molecule has 126 valence electrons. The summed E-state index contributed by atoms with van der Waals surface area (Å²) in [6.45, 7) is 5.99. The van der Waals surface area contributed by atoms with Crippen molar-refractivity contribution in [2.24, 2.45) is 4.99 Å². The van der Waals surface area contributed by atoms with Crippen LogP contribution in [0.5, 0.6) is 0 Å². The molecule has 0 amide bonds. The molecule has 0 aliphatic carbocycles. The number of nitrogens with one attached hydrogen (secondary N) is 3. The van der Waals surface area contributed by atoms with E-state index in [0.29, 0.717) is 17.5 Å². The van der Waals surface area contributed by atoms with Crippen LogP contribution < -0.4 is 15.4 Å². The molecule has 0 heterocycles. The van der Waals surface area contributed by atoms with Gasteiger partial charge in [-0.25, -0.2) is 13.1 Å². The fourth-order valence-electron chi connectivity index (χ4n) is 1.57. The Bertz CT molecular complexity index is 573. The number of aliphatic imine (C=N–C) groups is 1. The normalized spacial score (nSPS) is 10.5. The van der Waals surface area contributed by atoms with Crippen molar-refractivity contribution in [2.75, 3.05) is 26.2 Å². The number of guanidine groups is 1. The van der Waals surface area contributed by atoms with E-state index in [1.165, 1.54) is 12.1 Å². The number of rotatable bonds is 7. The van der Waals surface area contributed by atoms with Gasteiger partial charge in [0.15, 0.2) is 5.96 Å². The zero-order valence-corrected chi connectivity index (χ0v) is 16.5. The van der Waals surface area contributed by atoms with Crippen LogP contribution in [0.25, 0.3) is 0 Å². The SMILES string of the molecule is CCNC(=NCCNS(=O)(=O)c1cccc(Cl)c1)NCC.I. The van der Waals surface area contributed by atoms with E-state index in [2.05, 4.69) is 20.3 Å². The van der Waals surface area contributed by atoms with Crippen molar-refractivity contribution >= 4 is 51.6 Å². The Hall–Kier alpha value is -0.580. The van der Waals surface area contributed by atoms with Crippen LogP contribution in [0, 0.1) is 0 Å². The lowest BCUT2D eigenvalue weighted by Gasteiger charge is -2.09. The molecule has 0 atom stereocenters. The Labute approximate surface area is 154 Å². The summed E-state index contributed by atoms with van der Waals surface area (Å²) in [5, 5.41) is 6.52. The standard InChI is InChI=1S/C13H21ClN4O2S.HI/c1-3-15-13(16-4-2)17-8-9-18-21(19,20)12-7-5-6-11(14)10-12;/h5-7,10,18H,3-4,8-9H2,1-2H3,(H2,15,16,17);1H. The van der Waals surface area contributed by atoms with Gasteiger partial charge in [0.2, 0.25) is 10.0 Å². The van der Waals surface area contributed by atoms with E-state index in [-0.39, 0.29) is 35.4 Å². The summed E-state index contributed by atoms with van der Waals surface area (Å²) in [5.41, 5.74) is 0. The van der Waals surface area contributed by atoms with Crippen LogP contribution in [0.4, 0.5) is 0 Å². The van der Waals surface area contributed by atoms with Gasteiger partial charge in [0.05, 0.1) is 11.4 Å². The summed E-state index contributed by atoms with van der Waals surface area (Å²) in [6, 6.07) is 6.14. The van der Waals surface area contributed by atoms with Gasteiger partial charge in [-0.1, -0.05) is 17.7 Å². The van der Waals surface area contributed by atoms with E-state index in [9.17, 15) is 8.42 Å². The Balaban J connectivity index is 0.00000441. The molecule has 0 saturated heterocycles. The minimum atomic E-state index is -3.55. The van der Waals surface area contributed by atoms with E-state index in [4.69, 9.17) is 11.6 Å². The topological polar surface area (TPSA) is 82.6 Å². The fraction of sp³-hybridized carbons (Fsp3) is 0.462. The highest BCUT2D eigenvalue weighted by atomic mass is 127. The molecule has 1 aromatic carbocycles. The molecule has 0 aliphatic rings. The number of hydrogen-bond acceptors (Lipinski definition) is 3. The molecule has 0 fully saturated rings. The van der Waals surface area contributed by atoms with Gasteiger partial charge in [-0.05, 0) is 32.0 Å². The Morgan fingerprint density at radius 2 is 1.86 bits per heavy atom. The predicted octanol–water partition coefficient (Wildman–Crippen LogP) is 1.81. The van der Waals surface area contributed by atoms with Crippen LogP contribution >= 0.6 is 35.6 Å². The average Bonchev–Trinajstić information content (AvgIpc) is 2.44. The predicted molar refractivity (Wildman–Crippen MR) is 102 cm³/mol. The fourth-order valence-corrected chi connectivity index (χ4v) is 2.90. The molecule has 1 rings (SSSR count). The third-order valence-corrected chi connectivity index (χ3v) is 4.16. The largest absolute Gasteiger partial charge is 0.357 e. The molecule has 0 spiro atoms. The number of halogens is 2. The van der Waals surface area contributed by atoms with E-state index in [1.54, 1.807) is 12.1 Å². The first-order chi connectivity index (χ1) is 9.99. The maximum absolute atomic E-state index is 12.0. The minimum absolute atomic E-state index is 0. The molecular weight excluding hydrogens is 439 g/mol. The lowest BCUT2D eigenvalue weighted by molar-refractivity contribution is 0.582. The second-order valence-corrected chi connectivity index (χ2v) is 6.35. The molecule has 1 aromatic rings. The molecule has 9 heteroatoms. The molecule has 0 unspecified atom stereocenters. The van der Waals surface area contributed by atoms with Crippen LogP contribution in [-0.2, 0) is 10.0 Å². The smallest absolute Gasteiger partial charge is 0.240 e. The Morgan fingerprint density at radius 1 is 1.23 bits per heavy atom. The van der Waals surface area contributed by atoms with E-state index >= 15 is 0 Å². The second kappa shape index (κ2) is 11.0. The highest BCUT2D eigenvalue weighted by molar-refractivity contribution is 14.0. The van der Waals surface area contributed by atoms with E-state index in [0.717, 1.165) is 13.1 Å². The summed E-state index contributed by atoms with van der Waals surface area (Å²) in [7, 11) is -3.55. The zero-order valence-electron chi connectivity index (χ0n) is 12.6. The molecular formula is C13H22ClIN4O2S.